The molecule has 1 saturated heterocycles. The van der Waals surface area contributed by atoms with E-state index in [-0.39, 0.29) is 24.9 Å². The summed E-state index contributed by atoms with van der Waals surface area (Å²) in [6.07, 6.45) is 2.26. The highest BCUT2D eigenvalue weighted by Gasteiger charge is 2.42. The van der Waals surface area contributed by atoms with Gasteiger partial charge < -0.3 is 14.7 Å². The molecule has 2 aromatic rings. The van der Waals surface area contributed by atoms with E-state index in [4.69, 9.17) is 9.73 Å². The van der Waals surface area contributed by atoms with Gasteiger partial charge in [0.1, 0.15) is 11.9 Å². The number of ether oxygens (including phenoxy) is 1. The van der Waals surface area contributed by atoms with Crippen LogP contribution in [-0.2, 0) is 9.53 Å². The Balaban J connectivity index is 1.91. The zero-order valence-corrected chi connectivity index (χ0v) is 17.1. The molecule has 1 aromatic heterocycles. The Labute approximate surface area is 172 Å². The van der Waals surface area contributed by atoms with Crippen LogP contribution in [0.25, 0.3) is 0 Å². The quantitative estimate of drug-likeness (QED) is 0.759. The number of carbonyl (C=O) groups excluding carboxylic acids is 1. The van der Waals surface area contributed by atoms with Crippen LogP contribution in [0.3, 0.4) is 0 Å². The second kappa shape index (κ2) is 8.04. The van der Waals surface area contributed by atoms with Gasteiger partial charge >= 0.3 is 5.97 Å². The standard InChI is InChI=1S/C21H22FN3O3S/c1-3-28-21(27)17-16-9-13(11-26)10-25(16)19(20-23-6-7-29-20)24-18(17)15-5-4-14(22)8-12(15)2/h4-8,13,18,26H,3,9-11H2,1-2H3/t13-,18-/m0/s1. The molecule has 29 heavy (non-hydrogen) atoms. The molecule has 0 aliphatic carbocycles. The Kier molecular flexibility index (Phi) is 5.47. The molecular formula is C21H22FN3O3S. The van der Waals surface area contributed by atoms with Crippen molar-refractivity contribution < 1.29 is 19.0 Å². The van der Waals surface area contributed by atoms with Gasteiger partial charge in [-0.2, -0.15) is 0 Å². The fourth-order valence-corrected chi connectivity index (χ4v) is 4.58. The number of nitrogens with zero attached hydrogens (tertiary/aromatic N) is 3. The molecule has 1 aromatic carbocycles. The molecule has 0 radical (unpaired) electrons. The van der Waals surface area contributed by atoms with Crippen molar-refractivity contribution in [2.45, 2.75) is 26.3 Å². The normalized spacial score (nSPS) is 21.2. The number of esters is 1. The van der Waals surface area contributed by atoms with Crippen LogP contribution < -0.4 is 0 Å². The smallest absolute Gasteiger partial charge is 0.338 e. The first kappa shape index (κ1) is 19.7. The van der Waals surface area contributed by atoms with Crippen molar-refractivity contribution in [1.29, 1.82) is 0 Å². The number of halogens is 1. The highest BCUT2D eigenvalue weighted by molar-refractivity contribution is 7.11. The number of thiazole rings is 1. The highest BCUT2D eigenvalue weighted by atomic mass is 32.1. The van der Waals surface area contributed by atoms with Crippen molar-refractivity contribution in [2.24, 2.45) is 10.9 Å². The fraction of sp³-hybridized carbons (Fsp3) is 0.381. The largest absolute Gasteiger partial charge is 0.463 e. The fourth-order valence-electron chi connectivity index (χ4n) is 3.94. The molecule has 2 aliphatic rings. The summed E-state index contributed by atoms with van der Waals surface area (Å²) in [4.78, 5) is 24.3. The molecule has 2 atom stereocenters. The predicted octanol–water partition coefficient (Wildman–Crippen LogP) is 3.22. The number of aryl methyl sites for hydroxylation is 1. The van der Waals surface area contributed by atoms with Gasteiger partial charge in [0.15, 0.2) is 10.8 Å². The third-order valence-electron chi connectivity index (χ3n) is 5.24. The lowest BCUT2D eigenvalue weighted by atomic mass is 9.91. The molecule has 1 fully saturated rings. The Morgan fingerprint density at radius 1 is 1.45 bits per heavy atom. The molecule has 0 amide bonds. The van der Waals surface area contributed by atoms with Crippen molar-refractivity contribution in [3.8, 4) is 0 Å². The Morgan fingerprint density at radius 3 is 2.93 bits per heavy atom. The summed E-state index contributed by atoms with van der Waals surface area (Å²) >= 11 is 1.47. The number of aliphatic hydroxyl groups is 1. The number of carbonyl (C=O) groups is 1. The van der Waals surface area contributed by atoms with E-state index in [2.05, 4.69) is 4.98 Å². The lowest BCUT2D eigenvalue weighted by Crippen LogP contribution is -2.35. The van der Waals surface area contributed by atoms with E-state index in [1.165, 1.54) is 23.5 Å². The average Bonchev–Trinajstić information content (AvgIpc) is 3.37. The maximum absolute atomic E-state index is 13.7. The molecule has 152 valence electrons. The topological polar surface area (TPSA) is 75.0 Å². The predicted molar refractivity (Wildman–Crippen MR) is 108 cm³/mol. The number of amidine groups is 1. The van der Waals surface area contributed by atoms with E-state index >= 15 is 0 Å². The maximum Gasteiger partial charge on any atom is 0.338 e. The van der Waals surface area contributed by atoms with Crippen LogP contribution in [0.15, 0.2) is 46.0 Å². The number of fused-ring (bicyclic) bond motifs is 1. The lowest BCUT2D eigenvalue weighted by molar-refractivity contribution is -0.139. The van der Waals surface area contributed by atoms with Crippen LogP contribution >= 0.6 is 11.3 Å². The van der Waals surface area contributed by atoms with Crippen LogP contribution in [0, 0.1) is 18.7 Å². The number of benzene rings is 1. The number of aromatic nitrogens is 1. The summed E-state index contributed by atoms with van der Waals surface area (Å²) < 4.78 is 19.1. The number of aliphatic imine (C=N–C) groups is 1. The molecule has 1 N–H and O–H groups in total. The van der Waals surface area contributed by atoms with Gasteiger partial charge in [0.25, 0.3) is 0 Å². The van der Waals surface area contributed by atoms with Gasteiger partial charge in [0.2, 0.25) is 0 Å². The minimum atomic E-state index is -0.614. The number of aliphatic hydroxyl groups excluding tert-OH is 1. The molecule has 8 heteroatoms. The molecule has 2 aliphatic heterocycles. The SMILES string of the molecule is CCOC(=O)C1=C2C[C@H](CO)CN2C(c2nccs2)=N[C@H]1c1ccc(F)cc1C. The molecule has 0 bridgehead atoms. The van der Waals surface area contributed by atoms with Crippen molar-refractivity contribution in [2.75, 3.05) is 19.8 Å². The van der Waals surface area contributed by atoms with Gasteiger partial charge in [-0.25, -0.2) is 14.2 Å². The third kappa shape index (κ3) is 3.58. The third-order valence-corrected chi connectivity index (χ3v) is 6.01. The van der Waals surface area contributed by atoms with Gasteiger partial charge in [-0.15, -0.1) is 11.3 Å². The Hall–Kier alpha value is -2.58. The summed E-state index contributed by atoms with van der Waals surface area (Å²) in [5, 5.41) is 12.4. The van der Waals surface area contributed by atoms with Gasteiger partial charge in [0.05, 0.1) is 12.2 Å². The number of hydrogen-bond acceptors (Lipinski definition) is 7. The Bertz CT molecular complexity index is 987. The van der Waals surface area contributed by atoms with Gasteiger partial charge in [-0.05, 0) is 43.5 Å². The van der Waals surface area contributed by atoms with Crippen molar-refractivity contribution in [1.82, 2.24) is 9.88 Å². The van der Waals surface area contributed by atoms with Gasteiger partial charge in [0, 0.05) is 36.3 Å². The molecule has 4 rings (SSSR count). The van der Waals surface area contributed by atoms with Gasteiger partial charge in [-0.3, -0.25) is 4.99 Å². The zero-order valence-electron chi connectivity index (χ0n) is 16.3. The zero-order chi connectivity index (χ0) is 20.5. The number of hydrogen-bond donors (Lipinski definition) is 1. The summed E-state index contributed by atoms with van der Waals surface area (Å²) in [6, 6.07) is 3.88. The van der Waals surface area contributed by atoms with Crippen molar-refractivity contribution in [3.63, 3.8) is 0 Å². The monoisotopic (exact) mass is 415 g/mol. The Morgan fingerprint density at radius 2 is 2.28 bits per heavy atom. The first-order chi connectivity index (χ1) is 14.0. The van der Waals surface area contributed by atoms with Crippen LogP contribution in [-0.4, -0.2) is 46.6 Å². The van der Waals surface area contributed by atoms with Crippen molar-refractivity contribution >= 4 is 23.1 Å². The molecule has 0 spiro atoms. The first-order valence-corrected chi connectivity index (χ1v) is 10.4. The molecule has 0 unspecified atom stereocenters. The van der Waals surface area contributed by atoms with E-state index in [0.717, 1.165) is 16.3 Å². The highest BCUT2D eigenvalue weighted by Crippen LogP contribution is 2.42. The summed E-state index contributed by atoms with van der Waals surface area (Å²) in [7, 11) is 0. The molecule has 3 heterocycles. The van der Waals surface area contributed by atoms with Crippen LogP contribution in [0.4, 0.5) is 4.39 Å². The maximum atomic E-state index is 13.7. The van der Waals surface area contributed by atoms with E-state index in [1.807, 2.05) is 17.2 Å². The second-order valence-electron chi connectivity index (χ2n) is 7.14. The summed E-state index contributed by atoms with van der Waals surface area (Å²) in [5.74, 6) is -0.0958. The van der Waals surface area contributed by atoms with E-state index < -0.39 is 12.0 Å². The van der Waals surface area contributed by atoms with Crippen molar-refractivity contribution in [3.05, 3.63) is 63.0 Å². The van der Waals surface area contributed by atoms with Crippen LogP contribution in [0.1, 0.15) is 35.5 Å². The molecule has 0 saturated carbocycles. The van der Waals surface area contributed by atoms with E-state index in [9.17, 15) is 14.3 Å². The minimum Gasteiger partial charge on any atom is -0.463 e. The van der Waals surface area contributed by atoms with Crippen LogP contribution in [0.5, 0.6) is 0 Å². The first-order valence-electron chi connectivity index (χ1n) is 9.55. The summed E-state index contributed by atoms with van der Waals surface area (Å²) in [6.45, 7) is 4.39. The lowest BCUT2D eigenvalue weighted by Gasteiger charge is -2.32. The molecule has 6 nitrogen and oxygen atoms in total. The second-order valence-corrected chi connectivity index (χ2v) is 8.03. The average molecular weight is 415 g/mol. The number of allylic oxidation sites excluding steroid dienone is 1. The van der Waals surface area contributed by atoms with E-state index in [1.54, 1.807) is 19.2 Å². The van der Waals surface area contributed by atoms with Gasteiger partial charge in [-0.1, -0.05) is 6.07 Å². The minimum absolute atomic E-state index is 0.00680. The number of rotatable bonds is 5. The van der Waals surface area contributed by atoms with E-state index in [0.29, 0.717) is 29.9 Å². The molecular weight excluding hydrogens is 393 g/mol. The summed E-state index contributed by atoms with van der Waals surface area (Å²) in [5.41, 5.74) is 2.72. The van der Waals surface area contributed by atoms with Crippen LogP contribution in [0.2, 0.25) is 0 Å².